The fourth-order valence-corrected chi connectivity index (χ4v) is 3.48. The fourth-order valence-electron chi connectivity index (χ4n) is 2.04. The third-order valence-electron chi connectivity index (χ3n) is 3.28. The Morgan fingerprint density at radius 3 is 2.95 bits per heavy atom. The summed E-state index contributed by atoms with van der Waals surface area (Å²) in [7, 11) is 1.59. The summed E-state index contributed by atoms with van der Waals surface area (Å²) in [5, 5.41) is 13.8. The second-order valence-electron chi connectivity index (χ2n) is 4.51. The third kappa shape index (κ3) is 3.31. The molecule has 1 aromatic rings. The van der Waals surface area contributed by atoms with Gasteiger partial charge in [-0.2, -0.15) is 0 Å². The van der Waals surface area contributed by atoms with E-state index in [1.165, 1.54) is 4.90 Å². The molecular formula is C12H15BrN2O4S. The van der Waals surface area contributed by atoms with Gasteiger partial charge < -0.3 is 20.1 Å². The molecule has 1 aliphatic heterocycles. The number of thiophene rings is 1. The van der Waals surface area contributed by atoms with Crippen LogP contribution in [0.3, 0.4) is 0 Å². The van der Waals surface area contributed by atoms with Gasteiger partial charge in [0.05, 0.1) is 25.8 Å². The summed E-state index contributed by atoms with van der Waals surface area (Å²) >= 11 is 4.94. The standard InChI is InChI=1S/C12H15BrN2O4S/c1-15(9-6-19-5-7(9)11(16)17)12(18)14-4-10-8(13)2-3-20-10/h2-3,7,9H,4-6H2,1H3,(H,14,18)(H,16,17). The minimum atomic E-state index is -0.937. The lowest BCUT2D eigenvalue weighted by Gasteiger charge is -2.26. The van der Waals surface area contributed by atoms with Crippen LogP contribution >= 0.6 is 27.3 Å². The van der Waals surface area contributed by atoms with Crippen LogP contribution in [0, 0.1) is 5.92 Å². The lowest BCUT2D eigenvalue weighted by molar-refractivity contribution is -0.142. The highest BCUT2D eigenvalue weighted by Crippen LogP contribution is 2.23. The van der Waals surface area contributed by atoms with Crippen LogP contribution in [-0.4, -0.2) is 48.3 Å². The normalized spacial score (nSPS) is 21.7. The Labute approximate surface area is 128 Å². The van der Waals surface area contributed by atoms with Crippen molar-refractivity contribution in [3.05, 3.63) is 20.8 Å². The quantitative estimate of drug-likeness (QED) is 0.855. The molecule has 110 valence electrons. The summed E-state index contributed by atoms with van der Waals surface area (Å²) in [5.41, 5.74) is 0. The maximum absolute atomic E-state index is 12.1. The Hall–Kier alpha value is -1.12. The molecule has 2 heterocycles. The summed E-state index contributed by atoms with van der Waals surface area (Å²) in [6, 6.07) is 1.19. The van der Waals surface area contributed by atoms with Gasteiger partial charge in [-0.25, -0.2) is 4.79 Å². The Morgan fingerprint density at radius 2 is 2.35 bits per heavy atom. The van der Waals surface area contributed by atoms with Gasteiger partial charge in [0.15, 0.2) is 0 Å². The first-order valence-corrected chi connectivity index (χ1v) is 7.71. The molecule has 2 unspecified atom stereocenters. The van der Waals surface area contributed by atoms with E-state index in [2.05, 4.69) is 21.2 Å². The molecule has 1 aliphatic rings. The van der Waals surface area contributed by atoms with Crippen molar-refractivity contribution in [3.8, 4) is 0 Å². The predicted molar refractivity (Wildman–Crippen MR) is 77.8 cm³/mol. The molecule has 0 spiro atoms. The molecule has 8 heteroatoms. The molecule has 1 aromatic heterocycles. The molecule has 6 nitrogen and oxygen atoms in total. The van der Waals surface area contributed by atoms with Crippen LogP contribution < -0.4 is 5.32 Å². The average Bonchev–Trinajstić information content (AvgIpc) is 3.03. The largest absolute Gasteiger partial charge is 0.481 e. The maximum Gasteiger partial charge on any atom is 0.317 e. The minimum Gasteiger partial charge on any atom is -0.481 e. The van der Waals surface area contributed by atoms with E-state index in [4.69, 9.17) is 9.84 Å². The number of halogens is 1. The zero-order valence-electron chi connectivity index (χ0n) is 10.8. The molecule has 20 heavy (non-hydrogen) atoms. The van der Waals surface area contributed by atoms with E-state index in [0.717, 1.165) is 9.35 Å². The fraction of sp³-hybridized carbons (Fsp3) is 0.500. The van der Waals surface area contributed by atoms with Crippen molar-refractivity contribution in [2.75, 3.05) is 20.3 Å². The van der Waals surface area contributed by atoms with E-state index in [1.807, 2.05) is 11.4 Å². The van der Waals surface area contributed by atoms with E-state index in [1.54, 1.807) is 18.4 Å². The van der Waals surface area contributed by atoms with Gasteiger partial charge in [0.25, 0.3) is 0 Å². The van der Waals surface area contributed by atoms with E-state index >= 15 is 0 Å². The van der Waals surface area contributed by atoms with Crippen molar-refractivity contribution in [3.63, 3.8) is 0 Å². The summed E-state index contributed by atoms with van der Waals surface area (Å²) in [6.07, 6.45) is 0. The topological polar surface area (TPSA) is 78.9 Å². The van der Waals surface area contributed by atoms with Crippen molar-refractivity contribution in [1.82, 2.24) is 10.2 Å². The first-order valence-electron chi connectivity index (χ1n) is 6.03. The van der Waals surface area contributed by atoms with Gasteiger partial charge in [0.1, 0.15) is 5.92 Å². The number of aliphatic carboxylic acids is 1. The molecule has 2 N–H and O–H groups in total. The molecular weight excluding hydrogens is 348 g/mol. The van der Waals surface area contributed by atoms with Gasteiger partial charge in [-0.1, -0.05) is 0 Å². The SMILES string of the molecule is CN(C(=O)NCc1sccc1Br)C1COCC1C(=O)O. The van der Waals surface area contributed by atoms with Crippen molar-refractivity contribution in [2.45, 2.75) is 12.6 Å². The van der Waals surface area contributed by atoms with Crippen LogP contribution in [0.15, 0.2) is 15.9 Å². The van der Waals surface area contributed by atoms with Crippen LogP contribution in [-0.2, 0) is 16.1 Å². The summed E-state index contributed by atoms with van der Waals surface area (Å²) in [4.78, 5) is 25.6. The Balaban J connectivity index is 1.92. The lowest BCUT2D eigenvalue weighted by atomic mass is 10.0. The molecule has 2 rings (SSSR count). The highest BCUT2D eigenvalue weighted by molar-refractivity contribution is 9.10. The van der Waals surface area contributed by atoms with Crippen molar-refractivity contribution < 1.29 is 19.4 Å². The molecule has 0 aromatic carbocycles. The minimum absolute atomic E-state index is 0.147. The zero-order valence-corrected chi connectivity index (χ0v) is 13.2. The van der Waals surface area contributed by atoms with Gasteiger partial charge >= 0.3 is 12.0 Å². The molecule has 2 atom stereocenters. The van der Waals surface area contributed by atoms with Crippen molar-refractivity contribution >= 4 is 39.3 Å². The zero-order chi connectivity index (χ0) is 14.7. The number of hydrogen-bond donors (Lipinski definition) is 2. The summed E-state index contributed by atoms with van der Waals surface area (Å²) < 4.78 is 6.12. The number of carbonyl (C=O) groups excluding carboxylic acids is 1. The van der Waals surface area contributed by atoms with Crippen LogP contribution in [0.1, 0.15) is 4.88 Å². The number of likely N-dealkylation sites (N-methyl/N-ethyl adjacent to an activating group) is 1. The second-order valence-corrected chi connectivity index (χ2v) is 6.37. The number of urea groups is 1. The molecule has 0 aliphatic carbocycles. The maximum atomic E-state index is 12.1. The molecule has 1 saturated heterocycles. The number of carbonyl (C=O) groups is 2. The lowest BCUT2D eigenvalue weighted by Crippen LogP contribution is -2.48. The van der Waals surface area contributed by atoms with Gasteiger partial charge in [-0.05, 0) is 27.4 Å². The van der Waals surface area contributed by atoms with Gasteiger partial charge in [-0.3, -0.25) is 4.79 Å². The van der Waals surface area contributed by atoms with E-state index in [0.29, 0.717) is 6.54 Å². The van der Waals surface area contributed by atoms with Crippen LogP contribution in [0.4, 0.5) is 4.79 Å². The Bertz CT molecular complexity index is 507. The van der Waals surface area contributed by atoms with Crippen molar-refractivity contribution in [1.29, 1.82) is 0 Å². The van der Waals surface area contributed by atoms with Crippen LogP contribution in [0.2, 0.25) is 0 Å². The summed E-state index contributed by atoms with van der Waals surface area (Å²) in [6.45, 7) is 0.810. The number of amides is 2. The highest BCUT2D eigenvalue weighted by atomic mass is 79.9. The second kappa shape index (κ2) is 6.55. The van der Waals surface area contributed by atoms with Gasteiger partial charge in [0, 0.05) is 16.4 Å². The predicted octanol–water partition coefficient (Wildman–Crippen LogP) is 1.75. The van der Waals surface area contributed by atoms with Crippen LogP contribution in [0.25, 0.3) is 0 Å². The Morgan fingerprint density at radius 1 is 1.60 bits per heavy atom. The number of carboxylic acid groups (broad SMARTS) is 1. The number of hydrogen-bond acceptors (Lipinski definition) is 4. The van der Waals surface area contributed by atoms with Crippen molar-refractivity contribution in [2.24, 2.45) is 5.92 Å². The molecule has 1 fully saturated rings. The molecule has 0 saturated carbocycles. The molecule has 0 bridgehead atoms. The van der Waals surface area contributed by atoms with Gasteiger partial charge in [0.2, 0.25) is 0 Å². The molecule has 0 radical (unpaired) electrons. The number of rotatable bonds is 4. The average molecular weight is 363 g/mol. The number of nitrogens with one attached hydrogen (secondary N) is 1. The monoisotopic (exact) mass is 362 g/mol. The smallest absolute Gasteiger partial charge is 0.317 e. The van der Waals surface area contributed by atoms with E-state index < -0.39 is 17.9 Å². The highest BCUT2D eigenvalue weighted by Gasteiger charge is 2.38. The van der Waals surface area contributed by atoms with E-state index in [-0.39, 0.29) is 19.2 Å². The third-order valence-corrected chi connectivity index (χ3v) is 5.20. The van der Waals surface area contributed by atoms with E-state index in [9.17, 15) is 9.59 Å². The molecule has 2 amide bonds. The van der Waals surface area contributed by atoms with Crippen LogP contribution in [0.5, 0.6) is 0 Å². The summed E-state index contributed by atoms with van der Waals surface area (Å²) in [5.74, 6) is -1.60. The number of ether oxygens (including phenoxy) is 1. The first kappa shape index (κ1) is 15.3. The van der Waals surface area contributed by atoms with Gasteiger partial charge in [-0.15, -0.1) is 11.3 Å². The Kier molecular flexibility index (Phi) is 5.00. The number of carboxylic acids is 1. The first-order chi connectivity index (χ1) is 9.50. The number of nitrogens with zero attached hydrogens (tertiary/aromatic N) is 1.